The highest BCUT2D eigenvalue weighted by atomic mass is 14.9. The van der Waals surface area contributed by atoms with Crippen molar-refractivity contribution in [2.45, 2.75) is 46.1 Å². The van der Waals surface area contributed by atoms with E-state index in [1.807, 2.05) is 13.8 Å². The average molecular weight is 219 g/mol. The number of piperidine rings is 1. The first-order valence-corrected chi connectivity index (χ1v) is 6.55. The van der Waals surface area contributed by atoms with Crippen LogP contribution in [-0.2, 0) is 0 Å². The SMILES string of the molecule is CC.CC1CC(C)C(c2ccccc2)CN1. The fourth-order valence-corrected chi connectivity index (χ4v) is 2.48. The molecule has 1 aliphatic heterocycles. The van der Waals surface area contributed by atoms with Gasteiger partial charge in [0.25, 0.3) is 0 Å². The normalized spacial score (nSPS) is 29.1. The van der Waals surface area contributed by atoms with Crippen molar-refractivity contribution in [1.29, 1.82) is 0 Å². The molecule has 1 aromatic rings. The Labute approximate surface area is 100 Å². The van der Waals surface area contributed by atoms with E-state index in [2.05, 4.69) is 49.5 Å². The van der Waals surface area contributed by atoms with Gasteiger partial charge in [0.2, 0.25) is 0 Å². The average Bonchev–Trinajstić information content (AvgIpc) is 2.33. The van der Waals surface area contributed by atoms with Crippen molar-refractivity contribution < 1.29 is 0 Å². The molecule has 1 heterocycles. The van der Waals surface area contributed by atoms with Gasteiger partial charge in [-0.25, -0.2) is 0 Å². The van der Waals surface area contributed by atoms with Crippen LogP contribution >= 0.6 is 0 Å². The summed E-state index contributed by atoms with van der Waals surface area (Å²) in [5.74, 6) is 1.50. The van der Waals surface area contributed by atoms with Gasteiger partial charge >= 0.3 is 0 Å². The molecule has 90 valence electrons. The number of rotatable bonds is 1. The second-order valence-electron chi connectivity index (χ2n) is 4.54. The summed E-state index contributed by atoms with van der Waals surface area (Å²) in [6.45, 7) is 9.78. The topological polar surface area (TPSA) is 12.0 Å². The predicted octanol–water partition coefficient (Wildman–Crippen LogP) is 3.81. The maximum atomic E-state index is 3.56. The van der Waals surface area contributed by atoms with Crippen molar-refractivity contribution in [2.75, 3.05) is 6.54 Å². The lowest BCUT2D eigenvalue weighted by atomic mass is 9.80. The third kappa shape index (κ3) is 3.34. The molecule has 1 heteroatoms. The van der Waals surface area contributed by atoms with Crippen LogP contribution < -0.4 is 5.32 Å². The van der Waals surface area contributed by atoms with Crippen molar-refractivity contribution in [3.05, 3.63) is 35.9 Å². The monoisotopic (exact) mass is 219 g/mol. The molecular formula is C15H25N. The highest BCUT2D eigenvalue weighted by molar-refractivity contribution is 5.21. The van der Waals surface area contributed by atoms with Crippen molar-refractivity contribution in [1.82, 2.24) is 5.32 Å². The largest absolute Gasteiger partial charge is 0.314 e. The molecule has 1 saturated heterocycles. The van der Waals surface area contributed by atoms with Crippen molar-refractivity contribution in [3.8, 4) is 0 Å². The first-order valence-electron chi connectivity index (χ1n) is 6.55. The standard InChI is InChI=1S/C13H19N.C2H6/c1-10-8-11(2)14-9-13(10)12-6-4-3-5-7-12;1-2/h3-7,10-11,13-14H,8-9H2,1-2H3;1-2H3. The minimum absolute atomic E-state index is 0.685. The summed E-state index contributed by atoms with van der Waals surface area (Å²) in [5, 5.41) is 3.56. The van der Waals surface area contributed by atoms with Crippen LogP contribution in [0.2, 0.25) is 0 Å². The Balaban J connectivity index is 0.000000606. The fraction of sp³-hybridized carbons (Fsp3) is 0.600. The summed E-state index contributed by atoms with van der Waals surface area (Å²) < 4.78 is 0. The van der Waals surface area contributed by atoms with Crippen LogP contribution in [0, 0.1) is 5.92 Å². The van der Waals surface area contributed by atoms with E-state index in [4.69, 9.17) is 0 Å². The van der Waals surface area contributed by atoms with Gasteiger partial charge in [-0.3, -0.25) is 0 Å². The molecule has 0 aromatic heterocycles. The van der Waals surface area contributed by atoms with Crippen molar-refractivity contribution >= 4 is 0 Å². The molecule has 1 nitrogen and oxygen atoms in total. The number of hydrogen-bond donors (Lipinski definition) is 1. The zero-order valence-corrected chi connectivity index (χ0v) is 11.0. The Bertz CT molecular complexity index is 281. The van der Waals surface area contributed by atoms with Crippen LogP contribution in [0.25, 0.3) is 0 Å². The number of benzene rings is 1. The summed E-state index contributed by atoms with van der Waals surface area (Å²) in [6.07, 6.45) is 1.29. The van der Waals surface area contributed by atoms with Gasteiger partial charge in [0.15, 0.2) is 0 Å². The lowest BCUT2D eigenvalue weighted by Gasteiger charge is -2.34. The first kappa shape index (κ1) is 13.2. The smallest absolute Gasteiger partial charge is 0.00417 e. The van der Waals surface area contributed by atoms with E-state index >= 15 is 0 Å². The Kier molecular flexibility index (Phi) is 5.54. The fourth-order valence-electron chi connectivity index (χ4n) is 2.48. The van der Waals surface area contributed by atoms with Gasteiger partial charge in [0, 0.05) is 12.6 Å². The summed E-state index contributed by atoms with van der Waals surface area (Å²) in [5.41, 5.74) is 1.49. The van der Waals surface area contributed by atoms with E-state index in [9.17, 15) is 0 Å². The molecular weight excluding hydrogens is 194 g/mol. The molecule has 0 spiro atoms. The summed E-state index contributed by atoms with van der Waals surface area (Å²) in [7, 11) is 0. The molecule has 1 aliphatic rings. The van der Waals surface area contributed by atoms with E-state index in [-0.39, 0.29) is 0 Å². The molecule has 2 rings (SSSR count). The van der Waals surface area contributed by atoms with Gasteiger partial charge < -0.3 is 5.32 Å². The molecule has 0 radical (unpaired) electrons. The number of nitrogens with one attached hydrogen (secondary N) is 1. The molecule has 0 amide bonds. The molecule has 3 unspecified atom stereocenters. The second kappa shape index (κ2) is 6.70. The molecule has 0 saturated carbocycles. The number of hydrogen-bond acceptors (Lipinski definition) is 1. The second-order valence-corrected chi connectivity index (χ2v) is 4.54. The highest BCUT2D eigenvalue weighted by Gasteiger charge is 2.25. The minimum Gasteiger partial charge on any atom is -0.314 e. The van der Waals surface area contributed by atoms with Crippen molar-refractivity contribution in [3.63, 3.8) is 0 Å². The minimum atomic E-state index is 0.685. The summed E-state index contributed by atoms with van der Waals surface area (Å²) in [6, 6.07) is 11.6. The van der Waals surface area contributed by atoms with Gasteiger partial charge in [-0.05, 0) is 30.7 Å². The van der Waals surface area contributed by atoms with Gasteiger partial charge in [-0.15, -0.1) is 0 Å². The molecule has 1 N–H and O–H groups in total. The van der Waals surface area contributed by atoms with Crippen LogP contribution in [0.5, 0.6) is 0 Å². The Morgan fingerprint density at radius 1 is 1.06 bits per heavy atom. The van der Waals surface area contributed by atoms with Gasteiger partial charge in [-0.1, -0.05) is 51.1 Å². The lowest BCUT2D eigenvalue weighted by Crippen LogP contribution is -2.40. The van der Waals surface area contributed by atoms with Crippen LogP contribution in [-0.4, -0.2) is 12.6 Å². The Morgan fingerprint density at radius 3 is 2.25 bits per heavy atom. The molecule has 0 bridgehead atoms. The Hall–Kier alpha value is -0.820. The molecule has 0 aliphatic carbocycles. The van der Waals surface area contributed by atoms with E-state index in [0.717, 1.165) is 12.5 Å². The maximum absolute atomic E-state index is 3.56. The van der Waals surface area contributed by atoms with E-state index in [1.54, 1.807) is 0 Å². The summed E-state index contributed by atoms with van der Waals surface area (Å²) in [4.78, 5) is 0. The van der Waals surface area contributed by atoms with Gasteiger partial charge in [0.1, 0.15) is 0 Å². The first-order chi connectivity index (χ1) is 7.77. The third-order valence-electron chi connectivity index (χ3n) is 3.33. The van der Waals surface area contributed by atoms with Crippen LogP contribution in [0.3, 0.4) is 0 Å². The van der Waals surface area contributed by atoms with Crippen molar-refractivity contribution in [2.24, 2.45) is 5.92 Å². The van der Waals surface area contributed by atoms with Gasteiger partial charge in [-0.2, -0.15) is 0 Å². The van der Waals surface area contributed by atoms with E-state index in [1.165, 1.54) is 12.0 Å². The molecule has 16 heavy (non-hydrogen) atoms. The van der Waals surface area contributed by atoms with E-state index < -0.39 is 0 Å². The summed E-state index contributed by atoms with van der Waals surface area (Å²) >= 11 is 0. The Morgan fingerprint density at radius 2 is 1.69 bits per heavy atom. The molecule has 1 aromatic carbocycles. The zero-order chi connectivity index (χ0) is 12.0. The lowest BCUT2D eigenvalue weighted by molar-refractivity contribution is 0.294. The van der Waals surface area contributed by atoms with Crippen LogP contribution in [0.4, 0.5) is 0 Å². The highest BCUT2D eigenvalue weighted by Crippen LogP contribution is 2.30. The maximum Gasteiger partial charge on any atom is 0.00417 e. The molecule has 3 atom stereocenters. The quantitative estimate of drug-likeness (QED) is 0.757. The zero-order valence-electron chi connectivity index (χ0n) is 11.0. The predicted molar refractivity (Wildman–Crippen MR) is 71.8 cm³/mol. The van der Waals surface area contributed by atoms with E-state index in [0.29, 0.717) is 12.0 Å². The van der Waals surface area contributed by atoms with Crippen LogP contribution in [0.1, 0.15) is 45.6 Å². The van der Waals surface area contributed by atoms with Crippen LogP contribution in [0.15, 0.2) is 30.3 Å². The third-order valence-corrected chi connectivity index (χ3v) is 3.33. The van der Waals surface area contributed by atoms with Gasteiger partial charge in [0.05, 0.1) is 0 Å². The molecule has 1 fully saturated rings.